The smallest absolute Gasteiger partial charge is 0.339 e. The quantitative estimate of drug-likeness (QED) is 0.147. The van der Waals surface area contributed by atoms with Gasteiger partial charge in [0.2, 0.25) is 0 Å². The molecule has 0 amide bonds. The van der Waals surface area contributed by atoms with Crippen LogP contribution < -0.4 is 11.5 Å². The summed E-state index contributed by atoms with van der Waals surface area (Å²) >= 11 is 0. The molecular weight excluding hydrogens is 424 g/mol. The first-order valence-corrected chi connectivity index (χ1v) is 13.1. The number of phenols is 1. The number of anilines is 2. The van der Waals surface area contributed by atoms with Crippen molar-refractivity contribution in [2.24, 2.45) is 0 Å². The molecule has 0 spiro atoms. The van der Waals surface area contributed by atoms with Crippen LogP contribution in [0.2, 0.25) is 0 Å². The predicted molar refractivity (Wildman–Crippen MR) is 144 cm³/mol. The van der Waals surface area contributed by atoms with E-state index in [4.69, 9.17) is 21.7 Å². The molecule has 0 saturated heterocycles. The van der Waals surface area contributed by atoms with Gasteiger partial charge in [-0.1, -0.05) is 103 Å². The molecule has 6 N–H and O–H groups in total. The van der Waals surface area contributed by atoms with Gasteiger partial charge in [0.05, 0.1) is 0 Å². The largest absolute Gasteiger partial charge is 0.507 e. The highest BCUT2D eigenvalue weighted by Gasteiger charge is 2.07. The van der Waals surface area contributed by atoms with Crippen molar-refractivity contribution >= 4 is 17.3 Å². The van der Waals surface area contributed by atoms with E-state index in [0.717, 1.165) is 5.69 Å². The van der Waals surface area contributed by atoms with Gasteiger partial charge in [-0.15, -0.1) is 0 Å². The van der Waals surface area contributed by atoms with E-state index in [1.807, 2.05) is 12.1 Å². The number of aryl methyl sites for hydroxylation is 1. The van der Waals surface area contributed by atoms with E-state index in [1.54, 1.807) is 0 Å². The van der Waals surface area contributed by atoms with Crippen LogP contribution in [0, 0.1) is 0 Å². The predicted octanol–water partition coefficient (Wildman–Crippen LogP) is 7.97. The van der Waals surface area contributed by atoms with Crippen molar-refractivity contribution < 1.29 is 15.0 Å². The molecule has 0 aliphatic carbocycles. The van der Waals surface area contributed by atoms with Gasteiger partial charge in [-0.2, -0.15) is 0 Å². The maximum atomic E-state index is 10.3. The zero-order chi connectivity index (χ0) is 25.0. The standard InChI is InChI=1S/C22H39N.C7H7NO3/c1-2-3-4-5-6-7-8-9-10-11-12-13-14-15-16-21-17-19-22(23)20-18-21;8-4-1-2-5(7(10)11)6(9)3-4/h17-20H,2-16,23H2,1H3;1-3,9H,8H2,(H,10,11). The van der Waals surface area contributed by atoms with Crippen LogP contribution in [0.15, 0.2) is 42.5 Å². The van der Waals surface area contributed by atoms with Crippen LogP contribution in [0.25, 0.3) is 0 Å². The number of benzene rings is 2. The number of unbranched alkanes of at least 4 members (excludes halogenated alkanes) is 13. The Hall–Kier alpha value is -2.69. The summed E-state index contributed by atoms with van der Waals surface area (Å²) in [6.07, 6.45) is 21.2. The molecule has 2 aromatic carbocycles. The Balaban J connectivity index is 0.000000437. The summed E-state index contributed by atoms with van der Waals surface area (Å²) in [7, 11) is 0. The van der Waals surface area contributed by atoms with E-state index in [9.17, 15) is 4.79 Å². The summed E-state index contributed by atoms with van der Waals surface area (Å²) < 4.78 is 0. The van der Waals surface area contributed by atoms with Gasteiger partial charge in [-0.3, -0.25) is 0 Å². The minimum atomic E-state index is -1.16. The van der Waals surface area contributed by atoms with Crippen molar-refractivity contribution in [2.75, 3.05) is 11.5 Å². The van der Waals surface area contributed by atoms with Gasteiger partial charge in [0.15, 0.2) is 0 Å². The highest BCUT2D eigenvalue weighted by molar-refractivity contribution is 5.91. The molecule has 0 fully saturated rings. The van der Waals surface area contributed by atoms with Crippen molar-refractivity contribution in [2.45, 2.75) is 103 Å². The van der Waals surface area contributed by atoms with Crippen LogP contribution in [0.5, 0.6) is 5.75 Å². The summed E-state index contributed by atoms with van der Waals surface area (Å²) in [6, 6.07) is 12.2. The Labute approximate surface area is 206 Å². The molecule has 190 valence electrons. The summed E-state index contributed by atoms with van der Waals surface area (Å²) in [5.74, 6) is -1.47. The second-order valence-electron chi connectivity index (χ2n) is 9.17. The third-order valence-electron chi connectivity index (χ3n) is 6.05. The van der Waals surface area contributed by atoms with Crippen molar-refractivity contribution in [3.05, 3.63) is 53.6 Å². The lowest BCUT2D eigenvalue weighted by Gasteiger charge is -2.04. The lowest BCUT2D eigenvalue weighted by Crippen LogP contribution is -1.97. The minimum Gasteiger partial charge on any atom is -0.507 e. The van der Waals surface area contributed by atoms with E-state index in [1.165, 1.54) is 120 Å². The molecule has 5 heteroatoms. The number of carboxylic acid groups (broad SMARTS) is 1. The number of carbonyl (C=O) groups is 1. The number of rotatable bonds is 16. The molecule has 0 saturated carbocycles. The average Bonchev–Trinajstić information content (AvgIpc) is 2.80. The number of nitrogens with two attached hydrogens (primary N) is 2. The Morgan fingerprint density at radius 3 is 1.56 bits per heavy atom. The number of aromatic carboxylic acids is 1. The highest BCUT2D eigenvalue weighted by Crippen LogP contribution is 2.19. The molecule has 0 aliphatic rings. The first-order chi connectivity index (χ1) is 16.4. The van der Waals surface area contributed by atoms with Crippen LogP contribution in [0.3, 0.4) is 0 Å². The fourth-order valence-electron chi connectivity index (χ4n) is 3.94. The molecule has 0 radical (unpaired) electrons. The number of hydrogen-bond donors (Lipinski definition) is 4. The van der Waals surface area contributed by atoms with Gasteiger partial charge in [0.25, 0.3) is 0 Å². The van der Waals surface area contributed by atoms with Crippen LogP contribution in [-0.4, -0.2) is 16.2 Å². The van der Waals surface area contributed by atoms with Crippen LogP contribution >= 0.6 is 0 Å². The molecule has 0 aromatic heterocycles. The minimum absolute atomic E-state index is 0.140. The molecule has 0 heterocycles. The molecule has 0 bridgehead atoms. The third kappa shape index (κ3) is 14.5. The monoisotopic (exact) mass is 470 g/mol. The fraction of sp³-hybridized carbons (Fsp3) is 0.552. The van der Waals surface area contributed by atoms with E-state index in [-0.39, 0.29) is 11.3 Å². The van der Waals surface area contributed by atoms with Crippen molar-refractivity contribution in [3.8, 4) is 5.75 Å². The molecule has 34 heavy (non-hydrogen) atoms. The summed E-state index contributed by atoms with van der Waals surface area (Å²) in [5.41, 5.74) is 13.5. The highest BCUT2D eigenvalue weighted by atomic mass is 16.4. The maximum absolute atomic E-state index is 10.3. The SMILES string of the molecule is CCCCCCCCCCCCCCCCc1ccc(N)cc1.Nc1ccc(C(=O)O)c(O)c1. The number of carboxylic acids is 1. The summed E-state index contributed by atoms with van der Waals surface area (Å²) in [6.45, 7) is 2.29. The van der Waals surface area contributed by atoms with Crippen LogP contribution in [0.4, 0.5) is 11.4 Å². The van der Waals surface area contributed by atoms with Crippen LogP contribution in [-0.2, 0) is 6.42 Å². The second kappa shape index (κ2) is 18.7. The molecule has 2 aromatic rings. The van der Waals surface area contributed by atoms with E-state index in [2.05, 4.69) is 19.1 Å². The zero-order valence-electron chi connectivity index (χ0n) is 21.1. The average molecular weight is 471 g/mol. The van der Waals surface area contributed by atoms with Gasteiger partial charge in [-0.05, 0) is 42.7 Å². The Morgan fingerprint density at radius 1 is 0.676 bits per heavy atom. The van der Waals surface area contributed by atoms with Crippen LogP contribution in [0.1, 0.15) is 113 Å². The van der Waals surface area contributed by atoms with E-state index in [0.29, 0.717) is 5.69 Å². The zero-order valence-corrected chi connectivity index (χ0v) is 21.1. The molecule has 5 nitrogen and oxygen atoms in total. The van der Waals surface area contributed by atoms with E-state index >= 15 is 0 Å². The maximum Gasteiger partial charge on any atom is 0.339 e. The number of nitrogen functional groups attached to an aromatic ring is 2. The fourth-order valence-corrected chi connectivity index (χ4v) is 3.94. The van der Waals surface area contributed by atoms with Crippen molar-refractivity contribution in [1.82, 2.24) is 0 Å². The number of aromatic hydroxyl groups is 1. The molecular formula is C29H46N2O3. The lowest BCUT2D eigenvalue weighted by atomic mass is 10.0. The Kier molecular flexibility index (Phi) is 16.1. The molecule has 0 atom stereocenters. The van der Waals surface area contributed by atoms with Crippen molar-refractivity contribution in [1.29, 1.82) is 0 Å². The summed E-state index contributed by atoms with van der Waals surface area (Å²) in [5, 5.41) is 17.5. The Bertz CT molecular complexity index is 790. The third-order valence-corrected chi connectivity index (χ3v) is 6.05. The van der Waals surface area contributed by atoms with Gasteiger partial charge >= 0.3 is 5.97 Å². The van der Waals surface area contributed by atoms with Gasteiger partial charge < -0.3 is 21.7 Å². The molecule has 2 rings (SSSR count). The van der Waals surface area contributed by atoms with Gasteiger partial charge in [0.1, 0.15) is 11.3 Å². The first-order valence-electron chi connectivity index (χ1n) is 13.1. The van der Waals surface area contributed by atoms with Gasteiger partial charge in [-0.25, -0.2) is 4.79 Å². The number of hydrogen-bond acceptors (Lipinski definition) is 4. The van der Waals surface area contributed by atoms with E-state index < -0.39 is 5.97 Å². The normalized spacial score (nSPS) is 10.5. The Morgan fingerprint density at radius 2 is 1.12 bits per heavy atom. The van der Waals surface area contributed by atoms with Gasteiger partial charge in [0, 0.05) is 17.4 Å². The first kappa shape index (κ1) is 29.3. The molecule has 0 unspecified atom stereocenters. The molecule has 0 aliphatic heterocycles. The van der Waals surface area contributed by atoms with Crippen molar-refractivity contribution in [3.63, 3.8) is 0 Å². The second-order valence-corrected chi connectivity index (χ2v) is 9.17. The summed E-state index contributed by atoms with van der Waals surface area (Å²) in [4.78, 5) is 10.3. The topological polar surface area (TPSA) is 110 Å². The lowest BCUT2D eigenvalue weighted by molar-refractivity contribution is 0.0694.